The van der Waals surface area contributed by atoms with Crippen LogP contribution in [-0.4, -0.2) is 82.8 Å². The molecular formula is C25H36N2O6. The molecule has 4 aliphatic rings. The van der Waals surface area contributed by atoms with Crippen LogP contribution in [-0.2, 0) is 23.9 Å². The van der Waals surface area contributed by atoms with Crippen LogP contribution in [0.5, 0.6) is 0 Å². The Morgan fingerprint density at radius 3 is 2.64 bits per heavy atom. The number of fused-ring (bicyclic) bond motifs is 2. The van der Waals surface area contributed by atoms with Gasteiger partial charge in [0.15, 0.2) is 0 Å². The third-order valence-electron chi connectivity index (χ3n) is 7.42. The molecule has 1 unspecified atom stereocenters. The topological polar surface area (TPSA) is 96.4 Å². The van der Waals surface area contributed by atoms with Crippen LogP contribution >= 0.6 is 0 Å². The quantitative estimate of drug-likeness (QED) is 0.480. The number of aliphatic hydroxyl groups is 1. The van der Waals surface area contributed by atoms with Gasteiger partial charge >= 0.3 is 5.97 Å². The minimum Gasteiger partial charge on any atom is -0.465 e. The lowest BCUT2D eigenvalue weighted by Gasteiger charge is -2.37. The maximum atomic E-state index is 13.9. The van der Waals surface area contributed by atoms with E-state index < -0.39 is 35.0 Å². The highest BCUT2D eigenvalue weighted by atomic mass is 16.6. The Morgan fingerprint density at radius 2 is 1.88 bits per heavy atom. The van der Waals surface area contributed by atoms with Crippen molar-refractivity contribution in [2.24, 2.45) is 11.8 Å². The van der Waals surface area contributed by atoms with Crippen molar-refractivity contribution in [3.63, 3.8) is 0 Å². The van der Waals surface area contributed by atoms with Crippen molar-refractivity contribution in [3.05, 3.63) is 24.3 Å². The minimum atomic E-state index is -1.25. The number of allylic oxidation sites excluding steroid dienone is 1. The molecule has 0 aromatic rings. The lowest BCUT2D eigenvalue weighted by atomic mass is 9.74. The van der Waals surface area contributed by atoms with E-state index in [-0.39, 0.29) is 25.0 Å². The second-order valence-corrected chi connectivity index (χ2v) is 9.71. The number of nitrogens with zero attached hydrogens (tertiary/aromatic N) is 2. The van der Waals surface area contributed by atoms with E-state index in [4.69, 9.17) is 9.47 Å². The summed E-state index contributed by atoms with van der Waals surface area (Å²) in [6, 6.07) is -0.868. The van der Waals surface area contributed by atoms with Gasteiger partial charge in [-0.2, -0.15) is 0 Å². The molecule has 182 valence electrons. The molecule has 5 atom stereocenters. The van der Waals surface area contributed by atoms with E-state index in [0.29, 0.717) is 26.1 Å². The summed E-state index contributed by atoms with van der Waals surface area (Å²) in [7, 11) is 0. The molecule has 4 aliphatic heterocycles. The number of ether oxygens (including phenoxy) is 2. The largest absolute Gasteiger partial charge is 0.465 e. The third kappa shape index (κ3) is 4.01. The van der Waals surface area contributed by atoms with Gasteiger partial charge in [-0.1, -0.05) is 37.6 Å². The number of carbonyl (C=O) groups is 3. The molecule has 0 saturated carbocycles. The van der Waals surface area contributed by atoms with Crippen molar-refractivity contribution in [1.29, 1.82) is 0 Å². The number of rotatable bonds is 6. The summed E-state index contributed by atoms with van der Waals surface area (Å²) >= 11 is 0. The SMILES string of the molecule is CCCCN1CC=C[C@]23O[C@]4(C)/C=C\CCCCOC(=O)[C@@H]4[C@H]2C(=O)N(CCCO)C3C1=O. The van der Waals surface area contributed by atoms with Gasteiger partial charge in [0.05, 0.1) is 18.1 Å². The molecule has 0 aliphatic carbocycles. The number of carbonyl (C=O) groups excluding carboxylic acids is 3. The van der Waals surface area contributed by atoms with Crippen LogP contribution in [0.3, 0.4) is 0 Å². The maximum Gasteiger partial charge on any atom is 0.313 e. The van der Waals surface area contributed by atoms with Gasteiger partial charge in [0.2, 0.25) is 11.8 Å². The van der Waals surface area contributed by atoms with Gasteiger partial charge < -0.3 is 24.4 Å². The Morgan fingerprint density at radius 1 is 1.06 bits per heavy atom. The van der Waals surface area contributed by atoms with E-state index in [1.807, 2.05) is 31.2 Å². The number of hydrogen-bond acceptors (Lipinski definition) is 6. The number of aliphatic hydroxyl groups excluding tert-OH is 1. The Hall–Kier alpha value is -2.19. The van der Waals surface area contributed by atoms with Crippen molar-refractivity contribution < 1.29 is 29.0 Å². The normalized spacial score (nSPS) is 37.3. The second-order valence-electron chi connectivity index (χ2n) is 9.71. The van der Waals surface area contributed by atoms with E-state index in [1.165, 1.54) is 4.90 Å². The molecular weight excluding hydrogens is 424 g/mol. The smallest absolute Gasteiger partial charge is 0.313 e. The van der Waals surface area contributed by atoms with Crippen LogP contribution in [0.4, 0.5) is 0 Å². The fourth-order valence-electron chi connectivity index (χ4n) is 5.88. The molecule has 2 saturated heterocycles. The summed E-state index contributed by atoms with van der Waals surface area (Å²) in [5, 5.41) is 9.43. The minimum absolute atomic E-state index is 0.0927. The Balaban J connectivity index is 1.81. The summed E-state index contributed by atoms with van der Waals surface area (Å²) < 4.78 is 12.3. The van der Waals surface area contributed by atoms with E-state index in [2.05, 4.69) is 6.92 Å². The molecule has 8 heteroatoms. The van der Waals surface area contributed by atoms with Crippen LogP contribution in [0.1, 0.15) is 52.4 Å². The molecule has 8 nitrogen and oxygen atoms in total. The number of cyclic esters (lactones) is 1. The first-order valence-corrected chi connectivity index (χ1v) is 12.3. The highest BCUT2D eigenvalue weighted by Crippen LogP contribution is 2.57. The Bertz CT molecular complexity index is 841. The fraction of sp³-hybridized carbons (Fsp3) is 0.720. The van der Waals surface area contributed by atoms with E-state index in [0.717, 1.165) is 32.1 Å². The van der Waals surface area contributed by atoms with E-state index in [1.54, 1.807) is 4.90 Å². The average molecular weight is 461 g/mol. The molecule has 0 aromatic carbocycles. The number of esters is 1. The molecule has 1 spiro atoms. The van der Waals surface area contributed by atoms with E-state index in [9.17, 15) is 19.5 Å². The monoisotopic (exact) mass is 460 g/mol. The summed E-state index contributed by atoms with van der Waals surface area (Å²) in [5.74, 6) is -2.59. The predicted octanol–water partition coefficient (Wildman–Crippen LogP) is 1.82. The average Bonchev–Trinajstić information content (AvgIpc) is 3.11. The zero-order chi connectivity index (χ0) is 23.6. The summed E-state index contributed by atoms with van der Waals surface area (Å²) in [6.07, 6.45) is 12.3. The Kier molecular flexibility index (Phi) is 6.96. The van der Waals surface area contributed by atoms with Crippen LogP contribution in [0.25, 0.3) is 0 Å². The molecule has 0 aromatic heterocycles. The van der Waals surface area contributed by atoms with Gasteiger partial charge in [-0.05, 0) is 39.0 Å². The third-order valence-corrected chi connectivity index (χ3v) is 7.42. The number of unbranched alkanes of at least 4 members (excludes halogenated alkanes) is 1. The van der Waals surface area contributed by atoms with Crippen molar-refractivity contribution >= 4 is 17.8 Å². The van der Waals surface area contributed by atoms with Crippen molar-refractivity contribution in [2.75, 3.05) is 32.8 Å². The molecule has 4 rings (SSSR count). The fourth-order valence-corrected chi connectivity index (χ4v) is 5.88. The van der Waals surface area contributed by atoms with Gasteiger partial charge in [-0.3, -0.25) is 14.4 Å². The van der Waals surface area contributed by atoms with Gasteiger partial charge in [-0.25, -0.2) is 0 Å². The van der Waals surface area contributed by atoms with Crippen molar-refractivity contribution in [2.45, 2.75) is 69.6 Å². The number of hydrogen-bond donors (Lipinski definition) is 1. The van der Waals surface area contributed by atoms with Gasteiger partial charge in [0, 0.05) is 26.2 Å². The summed E-state index contributed by atoms with van der Waals surface area (Å²) in [5.41, 5.74) is -2.30. The summed E-state index contributed by atoms with van der Waals surface area (Å²) in [6.45, 7) is 5.39. The highest BCUT2D eigenvalue weighted by molar-refractivity contribution is 5.99. The van der Waals surface area contributed by atoms with Crippen LogP contribution in [0.2, 0.25) is 0 Å². The van der Waals surface area contributed by atoms with Crippen molar-refractivity contribution in [3.8, 4) is 0 Å². The van der Waals surface area contributed by atoms with Gasteiger partial charge in [0.1, 0.15) is 17.6 Å². The molecule has 4 heterocycles. The first-order chi connectivity index (χ1) is 15.9. The molecule has 1 N–H and O–H groups in total. The molecule has 0 bridgehead atoms. The number of amides is 2. The lowest BCUT2D eigenvalue weighted by Crippen LogP contribution is -2.56. The van der Waals surface area contributed by atoms with E-state index >= 15 is 0 Å². The molecule has 33 heavy (non-hydrogen) atoms. The molecule has 0 radical (unpaired) electrons. The Labute approximate surface area is 195 Å². The second kappa shape index (κ2) is 9.58. The van der Waals surface area contributed by atoms with Gasteiger partial charge in [0.25, 0.3) is 0 Å². The molecule has 2 fully saturated rings. The summed E-state index contributed by atoms with van der Waals surface area (Å²) in [4.78, 5) is 44.3. The van der Waals surface area contributed by atoms with Crippen molar-refractivity contribution in [1.82, 2.24) is 9.80 Å². The van der Waals surface area contributed by atoms with Crippen LogP contribution in [0.15, 0.2) is 24.3 Å². The molecule has 2 amide bonds. The zero-order valence-corrected chi connectivity index (χ0v) is 19.7. The van der Waals surface area contributed by atoms with Crippen LogP contribution < -0.4 is 0 Å². The number of likely N-dealkylation sites (tertiary alicyclic amines) is 1. The lowest BCUT2D eigenvalue weighted by molar-refractivity contribution is -0.160. The maximum absolute atomic E-state index is 13.9. The first kappa shape index (κ1) is 24.0. The zero-order valence-electron chi connectivity index (χ0n) is 19.7. The van der Waals surface area contributed by atoms with Crippen LogP contribution in [0, 0.1) is 11.8 Å². The standard InChI is InChI=1S/C25H36N2O6/c1-3-4-13-26-14-9-12-25-18(21(29)27(15-10-16-28)20(25)22(26)30)19-23(31)32-17-8-6-5-7-11-24(19,2)33-25/h7,9,11-12,18-20,28H,3-6,8,10,13-17H2,1-2H3/b11-7-/t18-,19-,20?,24+,25-/m0/s1. The van der Waals surface area contributed by atoms with Gasteiger partial charge in [-0.15, -0.1) is 0 Å². The first-order valence-electron chi connectivity index (χ1n) is 12.3. The highest BCUT2D eigenvalue weighted by Gasteiger charge is 2.74. The predicted molar refractivity (Wildman–Crippen MR) is 121 cm³/mol.